The molecule has 138 valence electrons. The van der Waals surface area contributed by atoms with Gasteiger partial charge in [-0.25, -0.2) is 0 Å². The van der Waals surface area contributed by atoms with Gasteiger partial charge in [-0.05, 0) is 41.9 Å². The Labute approximate surface area is 161 Å². The summed E-state index contributed by atoms with van der Waals surface area (Å²) < 4.78 is 0. The van der Waals surface area contributed by atoms with Gasteiger partial charge in [0.2, 0.25) is 0 Å². The quantitative estimate of drug-likeness (QED) is 0.775. The van der Waals surface area contributed by atoms with Crippen LogP contribution in [0, 0.1) is 5.92 Å². The fourth-order valence-corrected chi connectivity index (χ4v) is 4.31. The van der Waals surface area contributed by atoms with E-state index in [1.54, 1.807) is 11.8 Å². The molecule has 0 radical (unpaired) electrons. The van der Waals surface area contributed by atoms with E-state index in [0.29, 0.717) is 18.5 Å². The number of rotatable bonds is 6. The number of benzene rings is 2. The van der Waals surface area contributed by atoms with Gasteiger partial charge in [0.05, 0.1) is 5.56 Å². The Balaban J connectivity index is 1.67. The fraction of sp³-hybridized carbons (Fsp3) is 0.409. The second kappa shape index (κ2) is 8.74. The third kappa shape index (κ3) is 4.30. The van der Waals surface area contributed by atoms with Gasteiger partial charge in [-0.15, -0.1) is 11.8 Å². The van der Waals surface area contributed by atoms with Crippen molar-refractivity contribution >= 4 is 17.7 Å². The van der Waals surface area contributed by atoms with Gasteiger partial charge in [-0.1, -0.05) is 50.2 Å². The number of carbonyl (C=O) groups is 1. The predicted octanol–water partition coefficient (Wildman–Crippen LogP) is 4.22. The molecule has 1 aliphatic rings. The molecule has 1 atom stereocenters. The summed E-state index contributed by atoms with van der Waals surface area (Å²) in [4.78, 5) is 16.2. The molecule has 26 heavy (non-hydrogen) atoms. The Kier molecular flexibility index (Phi) is 6.38. The molecule has 0 aliphatic carbocycles. The molecule has 0 aromatic heterocycles. The van der Waals surface area contributed by atoms with E-state index >= 15 is 0 Å². The molecule has 3 rings (SSSR count). The van der Waals surface area contributed by atoms with Crippen LogP contribution in [0.3, 0.4) is 0 Å². The second-order valence-corrected chi connectivity index (χ2v) is 8.06. The van der Waals surface area contributed by atoms with Crippen molar-refractivity contribution in [1.82, 2.24) is 10.2 Å². The summed E-state index contributed by atoms with van der Waals surface area (Å²) in [7, 11) is 0. The highest BCUT2D eigenvalue weighted by Crippen LogP contribution is 2.23. The van der Waals surface area contributed by atoms with E-state index in [9.17, 15) is 4.79 Å². The SMILES string of the molecule is CSc1ccccc1C(=O)NC[C@H](C(C)C)N1CCc2ccccc2C1. The van der Waals surface area contributed by atoms with Crippen LogP contribution in [0.25, 0.3) is 0 Å². The summed E-state index contributed by atoms with van der Waals surface area (Å²) in [6.07, 6.45) is 3.09. The molecule has 0 bridgehead atoms. The summed E-state index contributed by atoms with van der Waals surface area (Å²) in [5.74, 6) is 0.509. The Morgan fingerprint density at radius 3 is 2.54 bits per heavy atom. The van der Waals surface area contributed by atoms with Gasteiger partial charge in [0, 0.05) is 30.6 Å². The molecule has 1 amide bonds. The highest BCUT2D eigenvalue weighted by Gasteiger charge is 2.26. The largest absolute Gasteiger partial charge is 0.350 e. The lowest BCUT2D eigenvalue weighted by molar-refractivity contribution is 0.0901. The Hall–Kier alpha value is -1.78. The summed E-state index contributed by atoms with van der Waals surface area (Å²) in [6.45, 7) is 7.19. The molecule has 1 heterocycles. The second-order valence-electron chi connectivity index (χ2n) is 7.21. The Morgan fingerprint density at radius 1 is 1.12 bits per heavy atom. The summed E-state index contributed by atoms with van der Waals surface area (Å²) in [5.41, 5.74) is 3.65. The number of carbonyl (C=O) groups excluding carboxylic acids is 1. The molecule has 0 spiro atoms. The molecule has 4 heteroatoms. The first kappa shape index (κ1) is 19.0. The summed E-state index contributed by atoms with van der Waals surface area (Å²) in [5, 5.41) is 3.18. The maximum Gasteiger partial charge on any atom is 0.252 e. The van der Waals surface area contributed by atoms with Crippen molar-refractivity contribution in [3.05, 3.63) is 65.2 Å². The van der Waals surface area contributed by atoms with Crippen molar-refractivity contribution < 1.29 is 4.79 Å². The number of thioether (sulfide) groups is 1. The van der Waals surface area contributed by atoms with E-state index in [0.717, 1.165) is 30.0 Å². The summed E-state index contributed by atoms with van der Waals surface area (Å²) in [6, 6.07) is 16.9. The maximum absolute atomic E-state index is 12.7. The number of nitrogens with one attached hydrogen (secondary N) is 1. The molecule has 2 aromatic carbocycles. The highest BCUT2D eigenvalue weighted by atomic mass is 32.2. The number of amides is 1. The normalized spacial score (nSPS) is 15.5. The van der Waals surface area contributed by atoms with Crippen LogP contribution >= 0.6 is 11.8 Å². The van der Waals surface area contributed by atoms with Gasteiger partial charge >= 0.3 is 0 Å². The average Bonchev–Trinajstić information content (AvgIpc) is 2.67. The van der Waals surface area contributed by atoms with E-state index in [4.69, 9.17) is 0 Å². The first-order chi connectivity index (χ1) is 12.6. The predicted molar refractivity (Wildman–Crippen MR) is 110 cm³/mol. The number of hydrogen-bond donors (Lipinski definition) is 1. The van der Waals surface area contributed by atoms with E-state index < -0.39 is 0 Å². The van der Waals surface area contributed by atoms with E-state index in [-0.39, 0.29) is 5.91 Å². The van der Waals surface area contributed by atoms with Crippen molar-refractivity contribution in [2.75, 3.05) is 19.3 Å². The third-order valence-electron chi connectivity index (χ3n) is 5.22. The van der Waals surface area contributed by atoms with Crippen molar-refractivity contribution in [3.63, 3.8) is 0 Å². The molecular weight excluding hydrogens is 340 g/mol. The van der Waals surface area contributed by atoms with Crippen LogP contribution in [0.15, 0.2) is 53.4 Å². The minimum Gasteiger partial charge on any atom is -0.350 e. The third-order valence-corrected chi connectivity index (χ3v) is 6.02. The van der Waals surface area contributed by atoms with Crippen molar-refractivity contribution in [2.45, 2.75) is 37.8 Å². The van der Waals surface area contributed by atoms with Gasteiger partial charge in [0.15, 0.2) is 0 Å². The standard InChI is InChI=1S/C22H28N2OS/c1-16(2)20(24-13-12-17-8-4-5-9-18(17)15-24)14-23-22(25)19-10-6-7-11-21(19)26-3/h4-11,16,20H,12-15H2,1-3H3,(H,23,25)/t20-/m1/s1. The van der Waals surface area contributed by atoms with E-state index in [1.165, 1.54) is 11.1 Å². The lowest BCUT2D eigenvalue weighted by atomic mass is 9.95. The minimum absolute atomic E-state index is 0.0259. The van der Waals surface area contributed by atoms with Crippen LogP contribution in [0.4, 0.5) is 0 Å². The van der Waals surface area contributed by atoms with Gasteiger partial charge in [0.1, 0.15) is 0 Å². The lowest BCUT2D eigenvalue weighted by Crippen LogP contribution is -2.48. The summed E-state index contributed by atoms with van der Waals surface area (Å²) >= 11 is 1.61. The highest BCUT2D eigenvalue weighted by molar-refractivity contribution is 7.98. The van der Waals surface area contributed by atoms with Crippen LogP contribution in [0.5, 0.6) is 0 Å². The molecule has 0 fully saturated rings. The Morgan fingerprint density at radius 2 is 1.81 bits per heavy atom. The molecule has 0 saturated heterocycles. The van der Waals surface area contributed by atoms with Crippen LogP contribution in [0.2, 0.25) is 0 Å². The van der Waals surface area contributed by atoms with Gasteiger partial charge in [0.25, 0.3) is 5.91 Å². The van der Waals surface area contributed by atoms with Crippen LogP contribution in [-0.4, -0.2) is 36.2 Å². The zero-order valence-corrected chi connectivity index (χ0v) is 16.7. The zero-order valence-electron chi connectivity index (χ0n) is 15.9. The topological polar surface area (TPSA) is 32.3 Å². The zero-order chi connectivity index (χ0) is 18.5. The number of fused-ring (bicyclic) bond motifs is 1. The molecule has 0 saturated carbocycles. The molecule has 0 unspecified atom stereocenters. The molecule has 2 aromatic rings. The van der Waals surface area contributed by atoms with Gasteiger partial charge < -0.3 is 5.32 Å². The molecular formula is C22H28N2OS. The maximum atomic E-state index is 12.7. The minimum atomic E-state index is 0.0259. The first-order valence-corrected chi connectivity index (χ1v) is 10.5. The van der Waals surface area contributed by atoms with Crippen molar-refractivity contribution in [2.24, 2.45) is 5.92 Å². The van der Waals surface area contributed by atoms with Crippen molar-refractivity contribution in [1.29, 1.82) is 0 Å². The molecule has 3 nitrogen and oxygen atoms in total. The van der Waals surface area contributed by atoms with Crippen LogP contribution < -0.4 is 5.32 Å². The molecule has 1 aliphatic heterocycles. The van der Waals surface area contributed by atoms with Crippen molar-refractivity contribution in [3.8, 4) is 0 Å². The average molecular weight is 369 g/mol. The fourth-order valence-electron chi connectivity index (χ4n) is 3.71. The Bertz CT molecular complexity index is 759. The van der Waals surface area contributed by atoms with Gasteiger partial charge in [-0.3, -0.25) is 9.69 Å². The monoisotopic (exact) mass is 368 g/mol. The number of nitrogens with zero attached hydrogens (tertiary/aromatic N) is 1. The van der Waals surface area contributed by atoms with Crippen LogP contribution in [0.1, 0.15) is 35.3 Å². The van der Waals surface area contributed by atoms with Crippen LogP contribution in [-0.2, 0) is 13.0 Å². The van der Waals surface area contributed by atoms with Gasteiger partial charge in [-0.2, -0.15) is 0 Å². The van der Waals surface area contributed by atoms with E-state index in [1.807, 2.05) is 30.5 Å². The van der Waals surface area contributed by atoms with E-state index in [2.05, 4.69) is 48.3 Å². The first-order valence-electron chi connectivity index (χ1n) is 9.32. The smallest absolute Gasteiger partial charge is 0.252 e. The lowest BCUT2D eigenvalue weighted by Gasteiger charge is -2.38. The number of hydrogen-bond acceptors (Lipinski definition) is 3. The molecule has 1 N–H and O–H groups in total.